The summed E-state index contributed by atoms with van der Waals surface area (Å²) in [6.07, 6.45) is 2.00. The fraction of sp³-hybridized carbons (Fsp3) is 0.0196. The Morgan fingerprint density at radius 3 is 1.51 bits per heavy atom. The summed E-state index contributed by atoms with van der Waals surface area (Å²) in [6.45, 7) is 6.37. The standard InChI is InChI=1S/C51H34N2/c1-3-40-32(2)43-31-37(27-36-13-12-19-42(40)51(36)43)35-23-26-50-46(30-35)45-29-34(22-25-49(45)53(50)39-16-8-5-9-17-39)33-21-24-48-44(28-33)41-18-10-11-20-47(41)52(48)38-14-6-4-7-15-38/h3-31H,1H2,2H3. The summed E-state index contributed by atoms with van der Waals surface area (Å²) in [5, 5.41) is 7.61. The Morgan fingerprint density at radius 1 is 0.415 bits per heavy atom. The van der Waals surface area contributed by atoms with Gasteiger partial charge in [-0.15, -0.1) is 0 Å². The first-order valence-corrected chi connectivity index (χ1v) is 18.3. The molecular formula is C51H34N2. The van der Waals surface area contributed by atoms with Crippen LogP contribution < -0.4 is 0 Å². The molecule has 0 spiro atoms. The first kappa shape index (κ1) is 29.8. The maximum atomic E-state index is 4.14. The molecule has 0 unspecified atom stereocenters. The summed E-state index contributed by atoms with van der Waals surface area (Å²) in [7, 11) is 0. The largest absolute Gasteiger partial charge is 0.309 e. The molecule has 248 valence electrons. The number of hydrogen-bond donors (Lipinski definition) is 0. The second-order valence-electron chi connectivity index (χ2n) is 14.2. The highest BCUT2D eigenvalue weighted by Crippen LogP contribution is 2.45. The van der Waals surface area contributed by atoms with Crippen LogP contribution in [-0.4, -0.2) is 9.13 Å². The molecule has 10 aromatic rings. The lowest BCUT2D eigenvalue weighted by atomic mass is 9.94. The molecule has 0 aliphatic heterocycles. The summed E-state index contributed by atoms with van der Waals surface area (Å²) < 4.78 is 4.78. The number of hydrogen-bond acceptors (Lipinski definition) is 0. The molecule has 1 aliphatic carbocycles. The van der Waals surface area contributed by atoms with E-state index < -0.39 is 0 Å². The molecule has 1 aliphatic rings. The van der Waals surface area contributed by atoms with Gasteiger partial charge in [-0.2, -0.15) is 0 Å². The summed E-state index contributed by atoms with van der Waals surface area (Å²) >= 11 is 0. The van der Waals surface area contributed by atoms with E-state index in [9.17, 15) is 0 Å². The van der Waals surface area contributed by atoms with E-state index >= 15 is 0 Å². The molecule has 0 saturated heterocycles. The lowest BCUT2D eigenvalue weighted by molar-refractivity contribution is 1.18. The molecule has 0 radical (unpaired) electrons. The summed E-state index contributed by atoms with van der Waals surface area (Å²) in [5.41, 5.74) is 17.1. The lowest BCUT2D eigenvalue weighted by Crippen LogP contribution is -1.93. The molecule has 0 N–H and O–H groups in total. The number of allylic oxidation sites excluding steroid dienone is 3. The fourth-order valence-electron chi connectivity index (χ4n) is 8.97. The predicted molar refractivity (Wildman–Crippen MR) is 226 cm³/mol. The third kappa shape index (κ3) is 4.33. The molecule has 2 aromatic heterocycles. The quantitative estimate of drug-likeness (QED) is 0.172. The maximum Gasteiger partial charge on any atom is 0.0541 e. The molecule has 0 amide bonds. The molecule has 8 aromatic carbocycles. The van der Waals surface area contributed by atoms with Crippen molar-refractivity contribution in [2.45, 2.75) is 6.92 Å². The van der Waals surface area contributed by atoms with Crippen molar-refractivity contribution in [3.05, 3.63) is 194 Å². The summed E-state index contributed by atoms with van der Waals surface area (Å²) in [4.78, 5) is 0. The van der Waals surface area contributed by atoms with Gasteiger partial charge in [0.1, 0.15) is 0 Å². The van der Waals surface area contributed by atoms with E-state index in [0.717, 1.165) is 5.69 Å². The van der Waals surface area contributed by atoms with Gasteiger partial charge in [-0.05, 0) is 141 Å². The first-order chi connectivity index (χ1) is 26.2. The van der Waals surface area contributed by atoms with E-state index in [2.05, 4.69) is 192 Å². The lowest BCUT2D eigenvalue weighted by Gasteiger charge is -2.10. The second kappa shape index (κ2) is 11.3. The molecule has 2 heteroatoms. The van der Waals surface area contributed by atoms with Crippen molar-refractivity contribution in [2.75, 3.05) is 0 Å². The number of fused-ring (bicyclic) bond motifs is 6. The van der Waals surface area contributed by atoms with Gasteiger partial charge in [0, 0.05) is 32.9 Å². The van der Waals surface area contributed by atoms with E-state index in [1.807, 2.05) is 6.08 Å². The number of aromatic nitrogens is 2. The van der Waals surface area contributed by atoms with Gasteiger partial charge in [0.15, 0.2) is 0 Å². The Hall–Kier alpha value is -6.90. The summed E-state index contributed by atoms with van der Waals surface area (Å²) in [6, 6.07) is 62.4. The Morgan fingerprint density at radius 2 is 0.925 bits per heavy atom. The predicted octanol–water partition coefficient (Wildman–Crippen LogP) is 13.8. The van der Waals surface area contributed by atoms with Crippen LogP contribution in [0.1, 0.15) is 18.1 Å². The van der Waals surface area contributed by atoms with E-state index in [0.29, 0.717) is 0 Å². The van der Waals surface area contributed by atoms with Crippen molar-refractivity contribution < 1.29 is 0 Å². The smallest absolute Gasteiger partial charge is 0.0541 e. The fourth-order valence-corrected chi connectivity index (χ4v) is 8.97. The number of benzene rings is 8. The highest BCUT2D eigenvalue weighted by atomic mass is 15.0. The highest BCUT2D eigenvalue weighted by Gasteiger charge is 2.22. The zero-order valence-electron chi connectivity index (χ0n) is 29.3. The van der Waals surface area contributed by atoms with Gasteiger partial charge in [0.2, 0.25) is 0 Å². The van der Waals surface area contributed by atoms with E-state index in [1.54, 1.807) is 0 Å². The van der Waals surface area contributed by atoms with Gasteiger partial charge in [-0.25, -0.2) is 0 Å². The van der Waals surface area contributed by atoms with Gasteiger partial charge < -0.3 is 9.13 Å². The Balaban J connectivity index is 1.13. The van der Waals surface area contributed by atoms with Crippen LogP contribution in [0.15, 0.2) is 183 Å². The minimum absolute atomic E-state index is 1.16. The van der Waals surface area contributed by atoms with Crippen LogP contribution in [0.5, 0.6) is 0 Å². The Bertz CT molecular complexity index is 3170. The Labute approximate surface area is 307 Å². The molecule has 11 rings (SSSR count). The van der Waals surface area contributed by atoms with E-state index in [1.165, 1.54) is 105 Å². The molecule has 2 nitrogen and oxygen atoms in total. The molecule has 0 bridgehead atoms. The van der Waals surface area contributed by atoms with Crippen molar-refractivity contribution in [1.82, 2.24) is 9.13 Å². The van der Waals surface area contributed by atoms with Crippen LogP contribution in [0.3, 0.4) is 0 Å². The van der Waals surface area contributed by atoms with Gasteiger partial charge in [-0.1, -0.05) is 104 Å². The minimum Gasteiger partial charge on any atom is -0.309 e. The normalized spacial score (nSPS) is 12.6. The average Bonchev–Trinajstić information content (AvgIpc) is 3.83. The Kier molecular flexibility index (Phi) is 6.35. The topological polar surface area (TPSA) is 9.86 Å². The minimum atomic E-state index is 1.16. The molecule has 0 fully saturated rings. The van der Waals surface area contributed by atoms with Crippen molar-refractivity contribution in [3.63, 3.8) is 0 Å². The van der Waals surface area contributed by atoms with Crippen LogP contribution in [-0.2, 0) is 0 Å². The SMILES string of the molecule is C=CC1=C(C)c2cc(-c3ccc4c(c3)c3cc(-c5ccc6c(c5)c5ccccc5n6-c5ccccc5)ccc3n4-c3ccccc3)cc3cccc1c23. The van der Waals surface area contributed by atoms with Gasteiger partial charge in [0.25, 0.3) is 0 Å². The van der Waals surface area contributed by atoms with Crippen molar-refractivity contribution in [3.8, 4) is 33.6 Å². The number of rotatable bonds is 5. The van der Waals surface area contributed by atoms with Crippen LogP contribution in [0.25, 0.3) is 99.2 Å². The zero-order chi connectivity index (χ0) is 35.2. The molecule has 0 atom stereocenters. The third-order valence-electron chi connectivity index (χ3n) is 11.4. The van der Waals surface area contributed by atoms with Crippen molar-refractivity contribution in [2.24, 2.45) is 0 Å². The van der Waals surface area contributed by atoms with Crippen LogP contribution in [0, 0.1) is 0 Å². The van der Waals surface area contributed by atoms with Crippen molar-refractivity contribution >= 4 is 65.5 Å². The number of para-hydroxylation sites is 3. The summed E-state index contributed by atoms with van der Waals surface area (Å²) in [5.74, 6) is 0. The monoisotopic (exact) mass is 674 g/mol. The average molecular weight is 675 g/mol. The van der Waals surface area contributed by atoms with Crippen molar-refractivity contribution in [1.29, 1.82) is 0 Å². The number of nitrogens with zero attached hydrogens (tertiary/aromatic N) is 2. The van der Waals surface area contributed by atoms with Crippen LogP contribution in [0.4, 0.5) is 0 Å². The molecule has 2 heterocycles. The van der Waals surface area contributed by atoms with Gasteiger partial charge >= 0.3 is 0 Å². The van der Waals surface area contributed by atoms with Crippen LogP contribution >= 0.6 is 0 Å². The highest BCUT2D eigenvalue weighted by molar-refractivity contribution is 6.17. The second-order valence-corrected chi connectivity index (χ2v) is 14.2. The van der Waals surface area contributed by atoms with E-state index in [-0.39, 0.29) is 0 Å². The molecule has 0 saturated carbocycles. The third-order valence-corrected chi connectivity index (χ3v) is 11.4. The van der Waals surface area contributed by atoms with E-state index in [4.69, 9.17) is 0 Å². The van der Waals surface area contributed by atoms with Gasteiger partial charge in [-0.3, -0.25) is 0 Å². The van der Waals surface area contributed by atoms with Crippen LogP contribution in [0.2, 0.25) is 0 Å². The molecule has 53 heavy (non-hydrogen) atoms. The first-order valence-electron chi connectivity index (χ1n) is 18.3. The van der Waals surface area contributed by atoms with Gasteiger partial charge in [0.05, 0.1) is 22.1 Å². The maximum absolute atomic E-state index is 4.14. The zero-order valence-corrected chi connectivity index (χ0v) is 29.3. The molecular weight excluding hydrogens is 641 g/mol.